The lowest BCUT2D eigenvalue weighted by Crippen LogP contribution is -2.32. The van der Waals surface area contributed by atoms with Gasteiger partial charge in [0.05, 0.1) is 5.56 Å². The van der Waals surface area contributed by atoms with Crippen LogP contribution in [0, 0.1) is 0 Å². The second kappa shape index (κ2) is 7.85. The Morgan fingerprint density at radius 2 is 2.16 bits per heavy atom. The van der Waals surface area contributed by atoms with Crippen molar-refractivity contribution in [2.24, 2.45) is 5.73 Å². The summed E-state index contributed by atoms with van der Waals surface area (Å²) in [5.41, 5.74) is 6.15. The van der Waals surface area contributed by atoms with Gasteiger partial charge >= 0.3 is 0 Å². The first kappa shape index (κ1) is 15.6. The van der Waals surface area contributed by atoms with Gasteiger partial charge in [-0.25, -0.2) is 0 Å². The highest BCUT2D eigenvalue weighted by molar-refractivity contribution is 7.84. The Morgan fingerprint density at radius 3 is 2.79 bits per heavy atom. The molecule has 0 heterocycles. The van der Waals surface area contributed by atoms with Crippen molar-refractivity contribution < 1.29 is 13.7 Å². The number of nitrogens with two attached hydrogens (primary N) is 1. The summed E-state index contributed by atoms with van der Waals surface area (Å²) >= 11 is 4.89. The Hall–Kier alpha value is -1.47. The second-order valence-corrected chi connectivity index (χ2v) is 5.77. The monoisotopic (exact) mass is 300 g/mol. The molecule has 1 aromatic carbocycles. The number of carbonyl (C=O) groups excluding carboxylic acids is 1. The van der Waals surface area contributed by atoms with Crippen molar-refractivity contribution in [1.82, 2.24) is 5.32 Å². The van der Waals surface area contributed by atoms with Crippen LogP contribution in [0.2, 0.25) is 0 Å². The molecule has 1 atom stereocenters. The minimum atomic E-state index is -0.921. The number of nitrogens with one attached hydrogen (secondary N) is 1. The Kier molecular flexibility index (Phi) is 6.44. The van der Waals surface area contributed by atoms with Crippen LogP contribution in [-0.2, 0) is 15.6 Å². The average Bonchev–Trinajstić information content (AvgIpc) is 2.36. The summed E-state index contributed by atoms with van der Waals surface area (Å²) in [5.74, 6) is 0.627. The maximum absolute atomic E-state index is 11.5. The quantitative estimate of drug-likeness (QED) is 0.703. The number of ether oxygens (including phenoxy) is 1. The third kappa shape index (κ3) is 5.80. The van der Waals surface area contributed by atoms with Crippen LogP contribution in [0.4, 0.5) is 0 Å². The third-order valence-electron chi connectivity index (χ3n) is 2.22. The highest BCUT2D eigenvalue weighted by atomic mass is 32.2. The summed E-state index contributed by atoms with van der Waals surface area (Å²) in [7, 11) is -0.921. The van der Waals surface area contributed by atoms with Gasteiger partial charge < -0.3 is 15.8 Å². The summed E-state index contributed by atoms with van der Waals surface area (Å²) in [6, 6.07) is 6.99. The molecule has 5 nitrogen and oxygen atoms in total. The Labute approximate surface area is 120 Å². The van der Waals surface area contributed by atoms with Crippen LogP contribution in [-0.4, -0.2) is 40.3 Å². The topological polar surface area (TPSA) is 81.4 Å². The minimum Gasteiger partial charge on any atom is -0.483 e. The molecule has 1 amide bonds. The molecule has 0 saturated heterocycles. The summed E-state index contributed by atoms with van der Waals surface area (Å²) < 4.78 is 16.2. The normalized spacial score (nSPS) is 11.6. The third-order valence-corrected chi connectivity index (χ3v) is 3.22. The molecule has 104 valence electrons. The number of para-hydroxylation sites is 1. The van der Waals surface area contributed by atoms with E-state index in [1.165, 1.54) is 0 Å². The van der Waals surface area contributed by atoms with Gasteiger partial charge in [-0.2, -0.15) is 0 Å². The molecule has 0 aromatic heterocycles. The van der Waals surface area contributed by atoms with Gasteiger partial charge in [-0.1, -0.05) is 24.4 Å². The molecule has 1 rings (SSSR count). The van der Waals surface area contributed by atoms with Gasteiger partial charge in [-0.15, -0.1) is 0 Å². The average molecular weight is 300 g/mol. The maximum Gasteiger partial charge on any atom is 0.257 e. The molecular formula is C12H16N2O3S2. The molecule has 19 heavy (non-hydrogen) atoms. The van der Waals surface area contributed by atoms with Crippen molar-refractivity contribution >= 4 is 33.9 Å². The van der Waals surface area contributed by atoms with Gasteiger partial charge in [0.15, 0.2) is 6.61 Å². The summed E-state index contributed by atoms with van der Waals surface area (Å²) in [5, 5.41) is 2.61. The van der Waals surface area contributed by atoms with Crippen LogP contribution in [0.3, 0.4) is 0 Å². The zero-order valence-corrected chi connectivity index (χ0v) is 12.2. The van der Waals surface area contributed by atoms with Crippen molar-refractivity contribution in [3.05, 3.63) is 29.8 Å². The molecular weight excluding hydrogens is 284 g/mol. The van der Waals surface area contributed by atoms with Crippen LogP contribution in [0.1, 0.15) is 5.56 Å². The SMILES string of the molecule is CS(=O)CCNC(=O)COc1ccccc1C(N)=S. The summed E-state index contributed by atoms with van der Waals surface area (Å²) in [6.07, 6.45) is 1.58. The highest BCUT2D eigenvalue weighted by Gasteiger charge is 2.08. The van der Waals surface area contributed by atoms with E-state index in [0.29, 0.717) is 23.6 Å². The smallest absolute Gasteiger partial charge is 0.257 e. The van der Waals surface area contributed by atoms with Crippen molar-refractivity contribution in [1.29, 1.82) is 0 Å². The van der Waals surface area contributed by atoms with Crippen LogP contribution in [0.15, 0.2) is 24.3 Å². The molecule has 0 saturated carbocycles. The molecule has 0 spiro atoms. The second-order valence-electron chi connectivity index (χ2n) is 3.78. The van der Waals surface area contributed by atoms with E-state index < -0.39 is 10.8 Å². The lowest BCUT2D eigenvalue weighted by atomic mass is 10.2. The van der Waals surface area contributed by atoms with E-state index in [1.807, 2.05) is 0 Å². The van der Waals surface area contributed by atoms with Crippen LogP contribution >= 0.6 is 12.2 Å². The number of hydrogen-bond acceptors (Lipinski definition) is 4. The Bertz CT molecular complexity index is 492. The van der Waals surface area contributed by atoms with Gasteiger partial charge in [-0.05, 0) is 12.1 Å². The first-order valence-corrected chi connectivity index (χ1v) is 7.72. The van der Waals surface area contributed by atoms with Crippen molar-refractivity contribution in [2.75, 3.05) is 25.2 Å². The summed E-state index contributed by atoms with van der Waals surface area (Å²) in [4.78, 5) is 11.7. The molecule has 7 heteroatoms. The molecule has 0 bridgehead atoms. The fourth-order valence-corrected chi connectivity index (χ4v) is 1.88. The lowest BCUT2D eigenvalue weighted by molar-refractivity contribution is -0.122. The van der Waals surface area contributed by atoms with Crippen LogP contribution < -0.4 is 15.8 Å². The van der Waals surface area contributed by atoms with E-state index in [4.69, 9.17) is 22.7 Å². The van der Waals surface area contributed by atoms with Crippen molar-refractivity contribution in [2.45, 2.75) is 0 Å². The van der Waals surface area contributed by atoms with Crippen LogP contribution in [0.5, 0.6) is 5.75 Å². The van der Waals surface area contributed by atoms with Crippen molar-refractivity contribution in [3.63, 3.8) is 0 Å². The zero-order valence-electron chi connectivity index (χ0n) is 10.5. The fourth-order valence-electron chi connectivity index (χ4n) is 1.32. The van der Waals surface area contributed by atoms with E-state index in [-0.39, 0.29) is 17.5 Å². The molecule has 1 unspecified atom stereocenters. The number of amides is 1. The van der Waals surface area contributed by atoms with Gasteiger partial charge in [0.2, 0.25) is 0 Å². The van der Waals surface area contributed by atoms with Gasteiger partial charge in [0, 0.05) is 29.4 Å². The number of thiocarbonyl (C=S) groups is 1. The van der Waals surface area contributed by atoms with Crippen LogP contribution in [0.25, 0.3) is 0 Å². The molecule has 3 N–H and O–H groups in total. The maximum atomic E-state index is 11.5. The van der Waals surface area contributed by atoms with E-state index >= 15 is 0 Å². The van der Waals surface area contributed by atoms with E-state index in [2.05, 4.69) is 5.32 Å². The number of rotatable bonds is 7. The molecule has 0 aliphatic heterocycles. The van der Waals surface area contributed by atoms with E-state index in [0.717, 1.165) is 0 Å². The predicted molar refractivity (Wildman–Crippen MR) is 79.8 cm³/mol. The molecule has 0 aliphatic carbocycles. The van der Waals surface area contributed by atoms with E-state index in [1.54, 1.807) is 30.5 Å². The Morgan fingerprint density at radius 1 is 1.47 bits per heavy atom. The molecule has 0 fully saturated rings. The number of benzene rings is 1. The predicted octanol–water partition coefficient (Wildman–Crippen LogP) is 0.194. The van der Waals surface area contributed by atoms with Gasteiger partial charge in [0.1, 0.15) is 10.7 Å². The molecule has 0 radical (unpaired) electrons. The zero-order chi connectivity index (χ0) is 14.3. The van der Waals surface area contributed by atoms with Crippen molar-refractivity contribution in [3.8, 4) is 5.75 Å². The van der Waals surface area contributed by atoms with E-state index in [9.17, 15) is 9.00 Å². The minimum absolute atomic E-state index is 0.129. The highest BCUT2D eigenvalue weighted by Crippen LogP contribution is 2.17. The molecule has 1 aromatic rings. The first-order valence-electron chi connectivity index (χ1n) is 5.59. The fraction of sp³-hybridized carbons (Fsp3) is 0.333. The number of carbonyl (C=O) groups is 1. The molecule has 0 aliphatic rings. The lowest BCUT2D eigenvalue weighted by Gasteiger charge is -2.10. The van der Waals surface area contributed by atoms with Gasteiger partial charge in [0.25, 0.3) is 5.91 Å². The summed E-state index contributed by atoms with van der Waals surface area (Å²) in [6.45, 7) is 0.234. The first-order chi connectivity index (χ1) is 9.00. The standard InChI is InChI=1S/C12H16N2O3S2/c1-19(16)7-6-14-11(15)8-17-10-5-3-2-4-9(10)12(13)18/h2-5H,6-8H2,1H3,(H2,13,18)(H,14,15). The Balaban J connectivity index is 2.46. The van der Waals surface area contributed by atoms with Gasteiger partial charge in [-0.3, -0.25) is 9.00 Å². The largest absolute Gasteiger partial charge is 0.483 e. The number of hydrogen-bond donors (Lipinski definition) is 2.